The Bertz CT molecular complexity index is 637. The number of pyridine rings is 1. The van der Waals surface area contributed by atoms with Gasteiger partial charge in [-0.1, -0.05) is 25.8 Å². The molecule has 0 saturated carbocycles. The fourth-order valence-corrected chi connectivity index (χ4v) is 3.05. The van der Waals surface area contributed by atoms with Crippen LogP contribution < -0.4 is 0 Å². The zero-order chi connectivity index (χ0) is 22.4. The third kappa shape index (κ3) is 9.80. The van der Waals surface area contributed by atoms with Crippen LogP contribution in [0.3, 0.4) is 0 Å². The first-order valence-corrected chi connectivity index (χ1v) is 10.00. The number of hydrogen-bond donors (Lipinski definition) is 0. The zero-order valence-electron chi connectivity index (χ0n) is 18.3. The highest BCUT2D eigenvalue weighted by atomic mass is 16.5. The van der Waals surface area contributed by atoms with E-state index in [0.29, 0.717) is 13.1 Å². The van der Waals surface area contributed by atoms with Crippen LogP contribution in [0.4, 0.5) is 0 Å². The Morgan fingerprint density at radius 2 is 1.57 bits per heavy atom. The van der Waals surface area contributed by atoms with Crippen molar-refractivity contribution >= 4 is 17.9 Å². The number of unbranched alkanes of at least 4 members (excludes halogenated alkanes) is 1. The zero-order valence-corrected chi connectivity index (χ0v) is 18.3. The summed E-state index contributed by atoms with van der Waals surface area (Å²) in [6.45, 7) is 2.88. The molecule has 0 radical (unpaired) electrons. The van der Waals surface area contributed by atoms with E-state index in [9.17, 15) is 14.4 Å². The maximum atomic E-state index is 12.1. The Kier molecular flexibility index (Phi) is 12.3. The third-order valence-corrected chi connectivity index (χ3v) is 4.69. The highest BCUT2D eigenvalue weighted by molar-refractivity contribution is 5.75. The van der Waals surface area contributed by atoms with Crippen molar-refractivity contribution < 1.29 is 28.6 Å². The van der Waals surface area contributed by atoms with Crippen molar-refractivity contribution in [1.29, 1.82) is 0 Å². The molecule has 0 spiro atoms. The second-order valence-corrected chi connectivity index (χ2v) is 6.92. The maximum absolute atomic E-state index is 12.1. The van der Waals surface area contributed by atoms with Crippen molar-refractivity contribution in [2.24, 2.45) is 0 Å². The normalized spacial score (nSPS) is 11.9. The van der Waals surface area contributed by atoms with Gasteiger partial charge in [0, 0.05) is 25.3 Å². The highest BCUT2D eigenvalue weighted by Crippen LogP contribution is 2.15. The maximum Gasteiger partial charge on any atom is 0.319 e. The van der Waals surface area contributed by atoms with Gasteiger partial charge in [-0.3, -0.25) is 29.2 Å². The number of carbonyl (C=O) groups is 3. The number of hydrogen-bond acceptors (Lipinski definition) is 9. The van der Waals surface area contributed by atoms with Gasteiger partial charge in [-0.25, -0.2) is 0 Å². The van der Waals surface area contributed by atoms with Crippen LogP contribution >= 0.6 is 0 Å². The van der Waals surface area contributed by atoms with Crippen LogP contribution in [0.25, 0.3) is 0 Å². The number of carbonyl (C=O) groups excluding carboxylic acids is 3. The quantitative estimate of drug-likeness (QED) is 0.323. The molecule has 0 N–H and O–H groups in total. The van der Waals surface area contributed by atoms with Gasteiger partial charge in [0.1, 0.15) is 0 Å². The van der Waals surface area contributed by atoms with Gasteiger partial charge < -0.3 is 14.2 Å². The van der Waals surface area contributed by atoms with E-state index in [2.05, 4.69) is 11.9 Å². The lowest BCUT2D eigenvalue weighted by atomic mass is 10.1. The molecular weight excluding hydrogens is 390 g/mol. The SMILES string of the molecule is CCCCC(CN(CC(=O)OC)CC(=O)OC)N(CC(=O)OC)Cc1ccccn1. The first-order valence-electron chi connectivity index (χ1n) is 10.00. The molecule has 168 valence electrons. The minimum atomic E-state index is -0.447. The first kappa shape index (κ1) is 25.5. The molecule has 0 fully saturated rings. The predicted octanol–water partition coefficient (Wildman–Crippen LogP) is 1.26. The van der Waals surface area contributed by atoms with Crippen LogP contribution in [-0.4, -0.2) is 86.2 Å². The average molecular weight is 424 g/mol. The second-order valence-electron chi connectivity index (χ2n) is 6.92. The topological polar surface area (TPSA) is 98.3 Å². The van der Waals surface area contributed by atoms with E-state index in [4.69, 9.17) is 14.2 Å². The number of ether oxygens (including phenoxy) is 3. The van der Waals surface area contributed by atoms with Crippen LogP contribution in [-0.2, 0) is 35.1 Å². The molecule has 1 heterocycles. The summed E-state index contributed by atoms with van der Waals surface area (Å²) in [7, 11) is 3.96. The Morgan fingerprint density at radius 3 is 2.07 bits per heavy atom. The lowest BCUT2D eigenvalue weighted by molar-refractivity contribution is -0.147. The molecule has 0 aliphatic rings. The van der Waals surface area contributed by atoms with Gasteiger partial charge in [-0.05, 0) is 18.6 Å². The van der Waals surface area contributed by atoms with Crippen LogP contribution in [0, 0.1) is 0 Å². The summed E-state index contributed by atoms with van der Waals surface area (Å²) in [5.41, 5.74) is 0.815. The lowest BCUT2D eigenvalue weighted by Gasteiger charge is -2.34. The Labute approximate surface area is 178 Å². The third-order valence-electron chi connectivity index (χ3n) is 4.69. The Morgan fingerprint density at radius 1 is 0.967 bits per heavy atom. The summed E-state index contributed by atoms with van der Waals surface area (Å²) in [6.07, 6.45) is 4.38. The van der Waals surface area contributed by atoms with Crippen molar-refractivity contribution in [3.05, 3.63) is 30.1 Å². The van der Waals surface area contributed by atoms with E-state index in [1.807, 2.05) is 23.1 Å². The van der Waals surface area contributed by atoms with Crippen molar-refractivity contribution in [2.75, 3.05) is 47.5 Å². The standard InChI is InChI=1S/C21H33N3O6/c1-5-6-10-18(13-23(14-19(25)28-2)15-20(26)29-3)24(16-21(27)30-4)12-17-9-7-8-11-22-17/h7-9,11,18H,5-6,10,12-16H2,1-4H3. The Hall–Kier alpha value is -2.52. The van der Waals surface area contributed by atoms with Gasteiger partial charge in [0.25, 0.3) is 0 Å². The number of esters is 3. The molecule has 1 unspecified atom stereocenters. The van der Waals surface area contributed by atoms with Crippen LogP contribution in [0.2, 0.25) is 0 Å². The summed E-state index contributed by atoms with van der Waals surface area (Å²) in [4.78, 5) is 43.8. The van der Waals surface area contributed by atoms with Crippen molar-refractivity contribution in [2.45, 2.75) is 38.8 Å². The summed E-state index contributed by atoms with van der Waals surface area (Å²) in [5, 5.41) is 0. The second kappa shape index (κ2) is 14.5. The molecule has 1 aromatic heterocycles. The van der Waals surface area contributed by atoms with Gasteiger partial charge >= 0.3 is 17.9 Å². The summed E-state index contributed by atoms with van der Waals surface area (Å²) in [5.74, 6) is -1.25. The van der Waals surface area contributed by atoms with Gasteiger partial charge in [0.15, 0.2) is 0 Å². The number of aromatic nitrogens is 1. The molecule has 1 atom stereocenters. The number of methoxy groups -OCH3 is 3. The van der Waals surface area contributed by atoms with Gasteiger partial charge in [-0.15, -0.1) is 0 Å². The molecule has 30 heavy (non-hydrogen) atoms. The molecule has 1 rings (SSSR count). The molecule has 9 heteroatoms. The van der Waals surface area contributed by atoms with Crippen molar-refractivity contribution in [3.63, 3.8) is 0 Å². The Balaban J connectivity index is 3.09. The molecule has 1 aromatic rings. The van der Waals surface area contributed by atoms with E-state index >= 15 is 0 Å². The largest absolute Gasteiger partial charge is 0.468 e. The molecule has 0 aliphatic carbocycles. The van der Waals surface area contributed by atoms with Crippen LogP contribution in [0.1, 0.15) is 31.9 Å². The monoisotopic (exact) mass is 423 g/mol. The number of rotatable bonds is 14. The molecule has 0 saturated heterocycles. The van der Waals surface area contributed by atoms with E-state index < -0.39 is 11.9 Å². The summed E-state index contributed by atoms with van der Waals surface area (Å²) < 4.78 is 14.4. The minimum Gasteiger partial charge on any atom is -0.468 e. The van der Waals surface area contributed by atoms with Gasteiger partial charge in [-0.2, -0.15) is 0 Å². The van der Waals surface area contributed by atoms with Crippen LogP contribution in [0.5, 0.6) is 0 Å². The minimum absolute atomic E-state index is 0.0517. The molecule has 9 nitrogen and oxygen atoms in total. The van der Waals surface area contributed by atoms with E-state index in [1.165, 1.54) is 21.3 Å². The summed E-state index contributed by atoms with van der Waals surface area (Å²) >= 11 is 0. The number of nitrogens with zero attached hydrogens (tertiary/aromatic N) is 3. The molecule has 0 aromatic carbocycles. The summed E-state index contributed by atoms with van der Waals surface area (Å²) in [6, 6.07) is 5.50. The highest BCUT2D eigenvalue weighted by Gasteiger charge is 2.26. The average Bonchev–Trinajstić information content (AvgIpc) is 2.76. The van der Waals surface area contributed by atoms with E-state index in [-0.39, 0.29) is 31.6 Å². The first-order chi connectivity index (χ1) is 14.4. The van der Waals surface area contributed by atoms with Gasteiger partial charge in [0.05, 0.1) is 46.7 Å². The lowest BCUT2D eigenvalue weighted by Crippen LogP contribution is -2.48. The molecular formula is C21H33N3O6. The van der Waals surface area contributed by atoms with Crippen molar-refractivity contribution in [3.8, 4) is 0 Å². The molecule has 0 amide bonds. The fourth-order valence-electron chi connectivity index (χ4n) is 3.05. The van der Waals surface area contributed by atoms with Crippen LogP contribution in [0.15, 0.2) is 24.4 Å². The predicted molar refractivity (Wildman–Crippen MR) is 110 cm³/mol. The van der Waals surface area contributed by atoms with Gasteiger partial charge in [0.2, 0.25) is 0 Å². The van der Waals surface area contributed by atoms with E-state index in [1.54, 1.807) is 11.1 Å². The van der Waals surface area contributed by atoms with E-state index in [0.717, 1.165) is 25.0 Å². The smallest absolute Gasteiger partial charge is 0.319 e. The van der Waals surface area contributed by atoms with Crippen molar-refractivity contribution in [1.82, 2.24) is 14.8 Å². The fraction of sp³-hybridized carbons (Fsp3) is 0.619. The molecule has 0 aliphatic heterocycles. The molecule has 0 bridgehead atoms.